The molecule has 1 aliphatic heterocycles. The van der Waals surface area contributed by atoms with Crippen molar-refractivity contribution in [1.29, 1.82) is 0 Å². The Hall–Kier alpha value is -2.69. The number of hydroxylamine groups is 1. The maximum absolute atomic E-state index is 12.3. The molecule has 0 saturated carbocycles. The third kappa shape index (κ3) is 2.45. The highest BCUT2D eigenvalue weighted by Gasteiger charge is 2.28. The highest BCUT2D eigenvalue weighted by atomic mass is 16.7. The van der Waals surface area contributed by atoms with Gasteiger partial charge in [0.2, 0.25) is 0 Å². The lowest BCUT2D eigenvalue weighted by atomic mass is 10.1. The summed E-state index contributed by atoms with van der Waals surface area (Å²) in [4.78, 5) is 18.1. The first kappa shape index (κ1) is 14.3. The molecule has 1 aliphatic rings. The van der Waals surface area contributed by atoms with Crippen molar-refractivity contribution in [3.8, 4) is 17.2 Å². The third-order valence-corrected chi connectivity index (χ3v) is 3.59. The minimum Gasteiger partial charge on any atom is -0.493 e. The quantitative estimate of drug-likeness (QED) is 0.874. The van der Waals surface area contributed by atoms with Crippen LogP contribution < -0.4 is 19.4 Å². The number of fused-ring (bicyclic) bond motifs is 1. The Morgan fingerprint density at radius 2 is 1.68 bits per heavy atom. The van der Waals surface area contributed by atoms with E-state index in [1.165, 1.54) is 5.06 Å². The van der Waals surface area contributed by atoms with Gasteiger partial charge in [0.15, 0.2) is 17.2 Å². The monoisotopic (exact) mass is 299 g/mol. The van der Waals surface area contributed by atoms with Crippen LogP contribution in [-0.2, 0) is 11.2 Å². The van der Waals surface area contributed by atoms with Gasteiger partial charge in [0.1, 0.15) is 0 Å². The molecular formula is C17H17NO4. The van der Waals surface area contributed by atoms with Gasteiger partial charge in [-0.3, -0.25) is 4.79 Å². The van der Waals surface area contributed by atoms with Crippen LogP contribution in [0, 0.1) is 6.92 Å². The second-order valence-electron chi connectivity index (χ2n) is 5.11. The zero-order valence-electron chi connectivity index (χ0n) is 12.8. The van der Waals surface area contributed by atoms with Crippen LogP contribution in [0.3, 0.4) is 0 Å². The molecule has 0 bridgehead atoms. The fourth-order valence-corrected chi connectivity index (χ4v) is 2.39. The van der Waals surface area contributed by atoms with Crippen LogP contribution >= 0.6 is 0 Å². The molecule has 0 radical (unpaired) electrons. The molecule has 5 nitrogen and oxygen atoms in total. The number of methoxy groups -OCH3 is 2. The minimum atomic E-state index is -0.122. The molecule has 1 amide bonds. The van der Waals surface area contributed by atoms with E-state index in [4.69, 9.17) is 14.3 Å². The number of anilines is 1. The summed E-state index contributed by atoms with van der Waals surface area (Å²) in [5.41, 5.74) is 2.61. The molecule has 0 fully saturated rings. The summed E-state index contributed by atoms with van der Waals surface area (Å²) in [7, 11) is 3.13. The average molecular weight is 299 g/mol. The predicted octanol–water partition coefficient (Wildman–Crippen LogP) is 2.90. The van der Waals surface area contributed by atoms with Gasteiger partial charge in [-0.1, -0.05) is 17.7 Å². The Labute approximate surface area is 129 Å². The minimum absolute atomic E-state index is 0.122. The molecule has 1 heterocycles. The van der Waals surface area contributed by atoms with E-state index >= 15 is 0 Å². The van der Waals surface area contributed by atoms with Crippen molar-refractivity contribution in [2.75, 3.05) is 19.3 Å². The van der Waals surface area contributed by atoms with Crippen molar-refractivity contribution >= 4 is 11.6 Å². The number of nitrogens with zero attached hydrogens (tertiary/aromatic N) is 1. The molecule has 0 atom stereocenters. The van der Waals surface area contributed by atoms with Gasteiger partial charge < -0.3 is 14.3 Å². The Kier molecular flexibility index (Phi) is 3.63. The molecule has 22 heavy (non-hydrogen) atoms. The van der Waals surface area contributed by atoms with Gasteiger partial charge in [-0.05, 0) is 25.1 Å². The Morgan fingerprint density at radius 3 is 2.32 bits per heavy atom. The van der Waals surface area contributed by atoms with Gasteiger partial charge in [-0.15, -0.1) is 5.06 Å². The standard InChI is InChI=1S/C17H17NO4/c1-11-4-6-13(7-5-11)18-17(19)9-12-8-15(20-2)16(21-3)10-14(12)22-18/h4-8,10H,9H2,1-3H3. The second kappa shape index (κ2) is 5.60. The lowest BCUT2D eigenvalue weighted by molar-refractivity contribution is -0.123. The van der Waals surface area contributed by atoms with Crippen LogP contribution in [0.1, 0.15) is 11.1 Å². The highest BCUT2D eigenvalue weighted by molar-refractivity contribution is 5.95. The van der Waals surface area contributed by atoms with E-state index in [2.05, 4.69) is 0 Å². The van der Waals surface area contributed by atoms with Crippen LogP contribution in [0.15, 0.2) is 36.4 Å². The van der Waals surface area contributed by atoms with Crippen molar-refractivity contribution in [2.24, 2.45) is 0 Å². The summed E-state index contributed by atoms with van der Waals surface area (Å²) < 4.78 is 10.5. The van der Waals surface area contributed by atoms with Gasteiger partial charge in [-0.2, -0.15) is 0 Å². The van der Waals surface area contributed by atoms with E-state index in [1.54, 1.807) is 26.4 Å². The number of hydrogen-bond acceptors (Lipinski definition) is 4. The molecular weight excluding hydrogens is 282 g/mol. The van der Waals surface area contributed by atoms with Crippen molar-refractivity contribution < 1.29 is 19.1 Å². The van der Waals surface area contributed by atoms with Gasteiger partial charge >= 0.3 is 0 Å². The molecule has 0 unspecified atom stereocenters. The molecule has 0 N–H and O–H groups in total. The summed E-state index contributed by atoms with van der Waals surface area (Å²) in [6, 6.07) is 11.1. The SMILES string of the molecule is COc1cc2c(cc1OC)ON(c1ccc(C)cc1)C(=O)C2. The summed E-state index contributed by atoms with van der Waals surface area (Å²) in [6.07, 6.45) is 0.254. The molecule has 0 spiro atoms. The van der Waals surface area contributed by atoms with Gasteiger partial charge in [0.05, 0.1) is 26.3 Å². The number of carbonyl (C=O) groups is 1. The smallest absolute Gasteiger partial charge is 0.264 e. The first-order valence-electron chi connectivity index (χ1n) is 6.95. The largest absolute Gasteiger partial charge is 0.493 e. The summed E-state index contributed by atoms with van der Waals surface area (Å²) >= 11 is 0. The first-order valence-corrected chi connectivity index (χ1v) is 6.95. The molecule has 0 aromatic heterocycles. The molecule has 0 aliphatic carbocycles. The lowest BCUT2D eigenvalue weighted by Gasteiger charge is -2.28. The Morgan fingerprint density at radius 1 is 1.05 bits per heavy atom. The number of hydrogen-bond donors (Lipinski definition) is 0. The maximum Gasteiger partial charge on any atom is 0.264 e. The summed E-state index contributed by atoms with van der Waals surface area (Å²) in [5, 5.41) is 1.31. The second-order valence-corrected chi connectivity index (χ2v) is 5.11. The molecule has 114 valence electrons. The number of amides is 1. The van der Waals surface area contributed by atoms with E-state index in [9.17, 15) is 4.79 Å². The van der Waals surface area contributed by atoms with E-state index in [-0.39, 0.29) is 12.3 Å². The van der Waals surface area contributed by atoms with Gasteiger partial charge in [0, 0.05) is 11.6 Å². The Bertz CT molecular complexity index is 709. The van der Waals surface area contributed by atoms with Crippen molar-refractivity contribution in [3.05, 3.63) is 47.5 Å². The third-order valence-electron chi connectivity index (χ3n) is 3.59. The number of ether oxygens (including phenoxy) is 2. The van der Waals surface area contributed by atoms with E-state index in [0.717, 1.165) is 11.1 Å². The van der Waals surface area contributed by atoms with Crippen LogP contribution in [-0.4, -0.2) is 20.1 Å². The molecule has 2 aromatic carbocycles. The number of carbonyl (C=O) groups excluding carboxylic acids is 1. The summed E-state index contributed by atoms with van der Waals surface area (Å²) in [5.74, 6) is 1.63. The molecule has 5 heteroatoms. The molecule has 3 rings (SSSR count). The summed E-state index contributed by atoms with van der Waals surface area (Å²) in [6.45, 7) is 2.00. The number of rotatable bonds is 3. The average Bonchev–Trinajstić information content (AvgIpc) is 2.54. The predicted molar refractivity (Wildman–Crippen MR) is 82.5 cm³/mol. The fraction of sp³-hybridized carbons (Fsp3) is 0.235. The highest BCUT2D eigenvalue weighted by Crippen LogP contribution is 2.38. The van der Waals surface area contributed by atoms with Crippen LogP contribution in [0.25, 0.3) is 0 Å². The number of aryl methyl sites for hydroxylation is 1. The van der Waals surface area contributed by atoms with Crippen LogP contribution in [0.4, 0.5) is 5.69 Å². The molecule has 0 saturated heterocycles. The van der Waals surface area contributed by atoms with E-state index < -0.39 is 0 Å². The van der Waals surface area contributed by atoms with Crippen LogP contribution in [0.5, 0.6) is 17.2 Å². The first-order chi connectivity index (χ1) is 10.6. The normalized spacial score (nSPS) is 13.4. The molecule has 2 aromatic rings. The maximum atomic E-state index is 12.3. The van der Waals surface area contributed by atoms with E-state index in [1.807, 2.05) is 31.2 Å². The lowest BCUT2D eigenvalue weighted by Crippen LogP contribution is -2.39. The zero-order valence-corrected chi connectivity index (χ0v) is 12.8. The van der Waals surface area contributed by atoms with Crippen molar-refractivity contribution in [3.63, 3.8) is 0 Å². The fourth-order valence-electron chi connectivity index (χ4n) is 2.39. The van der Waals surface area contributed by atoms with Gasteiger partial charge in [-0.25, -0.2) is 0 Å². The Balaban J connectivity index is 1.97. The topological polar surface area (TPSA) is 48.0 Å². The van der Waals surface area contributed by atoms with Crippen LogP contribution in [0.2, 0.25) is 0 Å². The van der Waals surface area contributed by atoms with Gasteiger partial charge in [0.25, 0.3) is 5.91 Å². The van der Waals surface area contributed by atoms with E-state index in [0.29, 0.717) is 22.9 Å². The number of benzene rings is 2. The zero-order chi connectivity index (χ0) is 15.7. The van der Waals surface area contributed by atoms with Crippen molar-refractivity contribution in [1.82, 2.24) is 0 Å². The van der Waals surface area contributed by atoms with Crippen molar-refractivity contribution in [2.45, 2.75) is 13.3 Å².